The van der Waals surface area contributed by atoms with E-state index in [0.29, 0.717) is 6.54 Å². The Bertz CT molecular complexity index is 500. The van der Waals surface area contributed by atoms with Crippen molar-refractivity contribution in [2.24, 2.45) is 12.8 Å². The summed E-state index contributed by atoms with van der Waals surface area (Å²) in [5.41, 5.74) is 9.11. The zero-order chi connectivity index (χ0) is 11.0. The van der Waals surface area contributed by atoms with E-state index >= 15 is 0 Å². The molecule has 3 heteroatoms. The standard InChI is InChI=1S/C12H15ClN2/c1-8-3-4-10-9(7-8)12(13)11(5-6-14)15(10)2/h3-4,7H,5-6,14H2,1-2H3. The summed E-state index contributed by atoms with van der Waals surface area (Å²) in [6, 6.07) is 6.33. The number of aryl methyl sites for hydroxylation is 2. The highest BCUT2D eigenvalue weighted by molar-refractivity contribution is 6.36. The maximum Gasteiger partial charge on any atom is 0.0694 e. The minimum absolute atomic E-state index is 0.628. The number of fused-ring (bicyclic) bond motifs is 1. The molecule has 0 bridgehead atoms. The van der Waals surface area contributed by atoms with Crippen molar-refractivity contribution in [1.29, 1.82) is 0 Å². The third-order valence-electron chi connectivity index (χ3n) is 2.79. The predicted octanol–water partition coefficient (Wildman–Crippen LogP) is 2.64. The van der Waals surface area contributed by atoms with Crippen LogP contribution in [0.25, 0.3) is 10.9 Å². The molecule has 0 radical (unpaired) electrons. The van der Waals surface area contributed by atoms with Gasteiger partial charge in [0, 0.05) is 30.1 Å². The number of nitrogens with zero attached hydrogens (tertiary/aromatic N) is 1. The Morgan fingerprint density at radius 1 is 1.40 bits per heavy atom. The Morgan fingerprint density at radius 3 is 2.80 bits per heavy atom. The number of benzene rings is 1. The number of hydrogen-bond acceptors (Lipinski definition) is 1. The van der Waals surface area contributed by atoms with Crippen molar-refractivity contribution in [2.75, 3.05) is 6.54 Å². The Labute approximate surface area is 94.6 Å². The van der Waals surface area contributed by atoms with Crippen LogP contribution in [0.15, 0.2) is 18.2 Å². The molecule has 1 heterocycles. The molecule has 0 aliphatic carbocycles. The molecular weight excluding hydrogens is 208 g/mol. The summed E-state index contributed by atoms with van der Waals surface area (Å²) in [5.74, 6) is 0. The molecule has 0 amide bonds. The average Bonchev–Trinajstić information content (AvgIpc) is 2.44. The highest BCUT2D eigenvalue weighted by Crippen LogP contribution is 2.30. The summed E-state index contributed by atoms with van der Waals surface area (Å²) in [6.07, 6.45) is 0.822. The molecule has 2 N–H and O–H groups in total. The molecule has 2 aromatic rings. The lowest BCUT2D eigenvalue weighted by molar-refractivity contribution is 0.827. The second-order valence-corrected chi connectivity index (χ2v) is 4.26. The molecule has 1 aromatic heterocycles. The molecule has 0 saturated heterocycles. The molecule has 1 aromatic carbocycles. The van der Waals surface area contributed by atoms with Gasteiger partial charge in [0.05, 0.1) is 5.02 Å². The molecule has 0 atom stereocenters. The number of halogens is 1. The third kappa shape index (κ3) is 1.64. The van der Waals surface area contributed by atoms with Crippen LogP contribution in [-0.2, 0) is 13.5 Å². The van der Waals surface area contributed by atoms with E-state index in [1.165, 1.54) is 11.1 Å². The number of aromatic nitrogens is 1. The SMILES string of the molecule is Cc1ccc2c(c1)c(Cl)c(CCN)n2C. The summed E-state index contributed by atoms with van der Waals surface area (Å²) in [7, 11) is 2.04. The van der Waals surface area contributed by atoms with Gasteiger partial charge in [-0.15, -0.1) is 0 Å². The fourth-order valence-electron chi connectivity index (χ4n) is 1.98. The van der Waals surface area contributed by atoms with E-state index in [1.807, 2.05) is 7.05 Å². The van der Waals surface area contributed by atoms with Crippen LogP contribution in [-0.4, -0.2) is 11.1 Å². The number of hydrogen-bond donors (Lipinski definition) is 1. The van der Waals surface area contributed by atoms with E-state index in [9.17, 15) is 0 Å². The van der Waals surface area contributed by atoms with E-state index in [4.69, 9.17) is 17.3 Å². The first-order chi connectivity index (χ1) is 7.15. The van der Waals surface area contributed by atoms with Crippen molar-refractivity contribution in [3.63, 3.8) is 0 Å². The van der Waals surface area contributed by atoms with E-state index in [0.717, 1.165) is 22.5 Å². The maximum absolute atomic E-state index is 6.34. The Morgan fingerprint density at radius 2 is 2.13 bits per heavy atom. The van der Waals surface area contributed by atoms with Crippen molar-refractivity contribution in [3.05, 3.63) is 34.5 Å². The second kappa shape index (κ2) is 3.87. The van der Waals surface area contributed by atoms with Gasteiger partial charge in [-0.2, -0.15) is 0 Å². The van der Waals surface area contributed by atoms with Crippen LogP contribution in [0.3, 0.4) is 0 Å². The van der Waals surface area contributed by atoms with Gasteiger partial charge in [-0.05, 0) is 25.6 Å². The highest BCUT2D eigenvalue weighted by atomic mass is 35.5. The van der Waals surface area contributed by atoms with Crippen LogP contribution in [0, 0.1) is 6.92 Å². The molecule has 2 nitrogen and oxygen atoms in total. The lowest BCUT2D eigenvalue weighted by Gasteiger charge is -2.02. The Hall–Kier alpha value is -0.990. The van der Waals surface area contributed by atoms with Crippen LogP contribution in [0.4, 0.5) is 0 Å². The lowest BCUT2D eigenvalue weighted by Crippen LogP contribution is -2.06. The fourth-order valence-corrected chi connectivity index (χ4v) is 2.35. The van der Waals surface area contributed by atoms with Gasteiger partial charge in [0.2, 0.25) is 0 Å². The van der Waals surface area contributed by atoms with Crippen molar-refractivity contribution < 1.29 is 0 Å². The van der Waals surface area contributed by atoms with Crippen molar-refractivity contribution in [1.82, 2.24) is 4.57 Å². The van der Waals surface area contributed by atoms with Crippen molar-refractivity contribution in [2.45, 2.75) is 13.3 Å². The first-order valence-electron chi connectivity index (χ1n) is 5.08. The molecule has 15 heavy (non-hydrogen) atoms. The first-order valence-corrected chi connectivity index (χ1v) is 5.46. The smallest absolute Gasteiger partial charge is 0.0694 e. The monoisotopic (exact) mass is 222 g/mol. The summed E-state index contributed by atoms with van der Waals surface area (Å²) >= 11 is 6.34. The van der Waals surface area contributed by atoms with Gasteiger partial charge in [-0.25, -0.2) is 0 Å². The average molecular weight is 223 g/mol. The van der Waals surface area contributed by atoms with Gasteiger partial charge < -0.3 is 10.3 Å². The van der Waals surface area contributed by atoms with Gasteiger partial charge in [0.25, 0.3) is 0 Å². The quantitative estimate of drug-likeness (QED) is 0.832. The maximum atomic E-state index is 6.34. The highest BCUT2D eigenvalue weighted by Gasteiger charge is 2.12. The molecule has 80 valence electrons. The van der Waals surface area contributed by atoms with E-state index < -0.39 is 0 Å². The molecule has 0 aliphatic rings. The lowest BCUT2D eigenvalue weighted by atomic mass is 10.2. The zero-order valence-electron chi connectivity index (χ0n) is 9.05. The fraction of sp³-hybridized carbons (Fsp3) is 0.333. The van der Waals surface area contributed by atoms with Crippen LogP contribution in [0.1, 0.15) is 11.3 Å². The molecular formula is C12H15ClN2. The predicted molar refractivity (Wildman–Crippen MR) is 65.4 cm³/mol. The summed E-state index contributed by atoms with van der Waals surface area (Å²) in [4.78, 5) is 0. The van der Waals surface area contributed by atoms with E-state index in [1.54, 1.807) is 0 Å². The third-order valence-corrected chi connectivity index (χ3v) is 3.21. The van der Waals surface area contributed by atoms with E-state index in [2.05, 4.69) is 29.7 Å². The largest absolute Gasteiger partial charge is 0.346 e. The summed E-state index contributed by atoms with van der Waals surface area (Å²) in [6.45, 7) is 2.70. The molecule has 0 spiro atoms. The van der Waals surface area contributed by atoms with Gasteiger partial charge in [0.1, 0.15) is 0 Å². The van der Waals surface area contributed by atoms with Crippen molar-refractivity contribution >= 4 is 22.5 Å². The van der Waals surface area contributed by atoms with Crippen LogP contribution in [0.5, 0.6) is 0 Å². The van der Waals surface area contributed by atoms with Crippen LogP contribution >= 0.6 is 11.6 Å². The number of rotatable bonds is 2. The zero-order valence-corrected chi connectivity index (χ0v) is 9.80. The molecule has 0 fully saturated rings. The van der Waals surface area contributed by atoms with Gasteiger partial charge >= 0.3 is 0 Å². The van der Waals surface area contributed by atoms with Crippen molar-refractivity contribution in [3.8, 4) is 0 Å². The molecule has 0 aliphatic heterocycles. The first kappa shape index (κ1) is 10.5. The van der Waals surface area contributed by atoms with Gasteiger partial charge in [-0.1, -0.05) is 23.2 Å². The van der Waals surface area contributed by atoms with Crippen LogP contribution < -0.4 is 5.73 Å². The number of nitrogens with two attached hydrogens (primary N) is 1. The minimum Gasteiger partial charge on any atom is -0.346 e. The Kier molecular flexibility index (Phi) is 2.72. The summed E-state index contributed by atoms with van der Waals surface area (Å²) in [5, 5.41) is 1.98. The molecule has 0 unspecified atom stereocenters. The van der Waals surface area contributed by atoms with Crippen LogP contribution in [0.2, 0.25) is 5.02 Å². The van der Waals surface area contributed by atoms with E-state index in [-0.39, 0.29) is 0 Å². The second-order valence-electron chi connectivity index (χ2n) is 3.88. The summed E-state index contributed by atoms with van der Waals surface area (Å²) < 4.78 is 2.13. The molecule has 2 rings (SSSR count). The topological polar surface area (TPSA) is 30.9 Å². The molecule has 0 saturated carbocycles. The van der Waals surface area contributed by atoms with Gasteiger partial charge in [-0.3, -0.25) is 0 Å². The Balaban J connectivity index is 2.73. The van der Waals surface area contributed by atoms with Gasteiger partial charge in [0.15, 0.2) is 0 Å². The minimum atomic E-state index is 0.628. The normalized spacial score (nSPS) is 11.2.